The van der Waals surface area contributed by atoms with Crippen LogP contribution in [0.3, 0.4) is 0 Å². The fraction of sp³-hybridized carbons (Fsp3) is 0.238. The zero-order valence-corrected chi connectivity index (χ0v) is 19.1. The summed E-state index contributed by atoms with van der Waals surface area (Å²) in [4.78, 5) is 16.6. The molecule has 10 heteroatoms. The number of amidine groups is 2. The van der Waals surface area contributed by atoms with Gasteiger partial charge in [-0.05, 0) is 62.4 Å². The van der Waals surface area contributed by atoms with E-state index < -0.39 is 15.7 Å². The number of hydrazone groups is 1. The minimum absolute atomic E-state index is 0.0624. The summed E-state index contributed by atoms with van der Waals surface area (Å²) in [6.45, 7) is 7.46. The average molecular weight is 456 g/mol. The molecule has 0 bridgehead atoms. The molecule has 2 aromatic rings. The largest absolute Gasteiger partial charge is 0.318 e. The number of amides is 1. The number of carbonyl (C=O) groups excluding carboxylic acids is 1. The summed E-state index contributed by atoms with van der Waals surface area (Å²) in [5.41, 5.74) is 4.91. The lowest BCUT2D eigenvalue weighted by Gasteiger charge is -2.20. The van der Waals surface area contributed by atoms with Crippen LogP contribution in [-0.4, -0.2) is 45.0 Å². The Labute approximate surface area is 184 Å². The van der Waals surface area contributed by atoms with Crippen molar-refractivity contribution >= 4 is 49.0 Å². The van der Waals surface area contributed by atoms with Gasteiger partial charge in [-0.3, -0.25) is 10.2 Å². The fourth-order valence-corrected chi connectivity index (χ4v) is 5.57. The Balaban J connectivity index is 1.74. The third-order valence-electron chi connectivity index (χ3n) is 5.14. The van der Waals surface area contributed by atoms with Crippen molar-refractivity contribution in [2.75, 3.05) is 5.75 Å². The first-order valence-corrected chi connectivity index (χ1v) is 12.1. The molecule has 31 heavy (non-hydrogen) atoms. The SMILES string of the molecule is CCS(=O)(=O)C1=NN2C(=N)/C(=C\c3cc(C)n(-c4ccc(C)cc4)c3C)C(=O)N=C2S1. The van der Waals surface area contributed by atoms with Crippen molar-refractivity contribution < 1.29 is 13.2 Å². The highest BCUT2D eigenvalue weighted by molar-refractivity contribution is 8.42. The number of aryl methyl sites for hydroxylation is 2. The summed E-state index contributed by atoms with van der Waals surface area (Å²) in [5.74, 6) is -0.896. The van der Waals surface area contributed by atoms with Gasteiger partial charge in [-0.2, -0.15) is 10.0 Å². The highest BCUT2D eigenvalue weighted by Crippen LogP contribution is 2.31. The lowest BCUT2D eigenvalue weighted by atomic mass is 10.1. The maximum absolute atomic E-state index is 12.6. The van der Waals surface area contributed by atoms with Gasteiger partial charge in [0.15, 0.2) is 5.84 Å². The Kier molecular flexibility index (Phi) is 5.22. The van der Waals surface area contributed by atoms with Gasteiger partial charge in [0.2, 0.25) is 19.4 Å². The van der Waals surface area contributed by atoms with Crippen LogP contribution >= 0.6 is 11.8 Å². The predicted octanol–water partition coefficient (Wildman–Crippen LogP) is 3.41. The molecule has 3 heterocycles. The Hall–Kier alpha value is -2.98. The van der Waals surface area contributed by atoms with E-state index in [0.29, 0.717) is 0 Å². The van der Waals surface area contributed by atoms with Crippen LogP contribution in [-0.2, 0) is 14.6 Å². The Morgan fingerprint density at radius 3 is 2.48 bits per heavy atom. The minimum atomic E-state index is -3.56. The number of hydrogen-bond acceptors (Lipinski definition) is 6. The molecule has 0 saturated carbocycles. The average Bonchev–Trinajstić information content (AvgIpc) is 3.27. The Bertz CT molecular complexity index is 1320. The van der Waals surface area contributed by atoms with Gasteiger partial charge in [-0.25, -0.2) is 8.42 Å². The van der Waals surface area contributed by atoms with Crippen LogP contribution < -0.4 is 0 Å². The van der Waals surface area contributed by atoms with Crippen molar-refractivity contribution in [3.05, 3.63) is 58.4 Å². The number of nitrogens with zero attached hydrogens (tertiary/aromatic N) is 4. The standard InChI is InChI=1S/C21H21N5O3S2/c1-5-31(28,29)21-24-26-18(22)17(19(27)23-20(26)30-21)11-15-10-13(3)25(14(15)4)16-8-6-12(2)7-9-16/h6-11,22H,5H2,1-4H3/b17-11+,22-18?. The third kappa shape index (κ3) is 3.66. The number of fused-ring (bicyclic) bond motifs is 1. The summed E-state index contributed by atoms with van der Waals surface area (Å²) in [6, 6.07) is 10.1. The van der Waals surface area contributed by atoms with Crippen molar-refractivity contribution in [2.24, 2.45) is 10.1 Å². The summed E-state index contributed by atoms with van der Waals surface area (Å²) < 4.78 is 26.2. The van der Waals surface area contributed by atoms with Crippen LogP contribution in [0.4, 0.5) is 0 Å². The molecule has 8 nitrogen and oxygen atoms in total. The maximum Gasteiger partial charge on any atom is 0.283 e. The molecule has 0 fully saturated rings. The van der Waals surface area contributed by atoms with Gasteiger partial charge in [0, 0.05) is 17.1 Å². The molecule has 160 valence electrons. The van der Waals surface area contributed by atoms with Gasteiger partial charge >= 0.3 is 0 Å². The van der Waals surface area contributed by atoms with E-state index in [4.69, 9.17) is 5.41 Å². The van der Waals surface area contributed by atoms with Gasteiger partial charge in [0.05, 0.1) is 11.3 Å². The second-order valence-corrected chi connectivity index (χ2v) is 10.7. The van der Waals surface area contributed by atoms with Crippen molar-refractivity contribution in [1.29, 1.82) is 5.41 Å². The smallest absolute Gasteiger partial charge is 0.283 e. The number of rotatable bonds is 3. The Morgan fingerprint density at radius 1 is 1.16 bits per heavy atom. The van der Waals surface area contributed by atoms with Gasteiger partial charge in [-0.1, -0.05) is 24.6 Å². The summed E-state index contributed by atoms with van der Waals surface area (Å²) in [6.07, 6.45) is 1.62. The van der Waals surface area contributed by atoms with E-state index in [1.165, 1.54) is 6.92 Å². The van der Waals surface area contributed by atoms with E-state index in [9.17, 15) is 13.2 Å². The van der Waals surface area contributed by atoms with Crippen LogP contribution in [0.1, 0.15) is 29.4 Å². The van der Waals surface area contributed by atoms with E-state index in [1.54, 1.807) is 6.08 Å². The lowest BCUT2D eigenvalue weighted by Crippen LogP contribution is -2.35. The van der Waals surface area contributed by atoms with E-state index in [2.05, 4.69) is 14.7 Å². The van der Waals surface area contributed by atoms with Gasteiger partial charge in [0.25, 0.3) is 5.91 Å². The lowest BCUT2D eigenvalue weighted by molar-refractivity contribution is -0.114. The van der Waals surface area contributed by atoms with Gasteiger partial charge in [0.1, 0.15) is 0 Å². The number of thioether (sulfide) groups is 1. The molecule has 0 aliphatic carbocycles. The van der Waals surface area contributed by atoms with Crippen molar-refractivity contribution in [3.63, 3.8) is 0 Å². The molecule has 0 spiro atoms. The van der Waals surface area contributed by atoms with E-state index in [-0.39, 0.29) is 26.7 Å². The van der Waals surface area contributed by atoms with Crippen molar-refractivity contribution in [1.82, 2.24) is 9.58 Å². The van der Waals surface area contributed by atoms with Gasteiger partial charge < -0.3 is 4.57 Å². The maximum atomic E-state index is 12.6. The molecular weight excluding hydrogens is 434 g/mol. The molecule has 0 radical (unpaired) electrons. The number of carbonyl (C=O) groups is 1. The fourth-order valence-electron chi connectivity index (χ4n) is 3.40. The van der Waals surface area contributed by atoms with E-state index >= 15 is 0 Å². The number of benzene rings is 1. The number of hydrogen-bond donors (Lipinski definition) is 1. The summed E-state index contributed by atoms with van der Waals surface area (Å²) >= 11 is 0.795. The second kappa shape index (κ2) is 7.61. The van der Waals surface area contributed by atoms with Crippen LogP contribution in [0.2, 0.25) is 0 Å². The molecule has 1 aromatic heterocycles. The summed E-state index contributed by atoms with van der Waals surface area (Å²) in [7, 11) is -3.56. The number of sulfone groups is 1. The van der Waals surface area contributed by atoms with E-state index in [0.717, 1.165) is 45.0 Å². The van der Waals surface area contributed by atoms with Gasteiger partial charge in [-0.15, -0.1) is 5.10 Å². The van der Waals surface area contributed by atoms with Crippen LogP contribution in [0.15, 0.2) is 46.0 Å². The number of nitrogens with one attached hydrogen (secondary N) is 1. The first-order valence-electron chi connectivity index (χ1n) is 9.61. The molecule has 1 N–H and O–H groups in total. The number of aliphatic imine (C=N–C) groups is 1. The highest BCUT2D eigenvalue weighted by Gasteiger charge is 2.39. The molecule has 4 rings (SSSR count). The van der Waals surface area contributed by atoms with Crippen LogP contribution in [0, 0.1) is 26.2 Å². The number of aromatic nitrogens is 1. The highest BCUT2D eigenvalue weighted by atomic mass is 32.3. The molecule has 0 unspecified atom stereocenters. The van der Waals surface area contributed by atoms with Crippen molar-refractivity contribution in [2.45, 2.75) is 27.7 Å². The molecule has 1 amide bonds. The van der Waals surface area contributed by atoms with Crippen LogP contribution in [0.5, 0.6) is 0 Å². The van der Waals surface area contributed by atoms with Crippen molar-refractivity contribution in [3.8, 4) is 5.69 Å². The predicted molar refractivity (Wildman–Crippen MR) is 124 cm³/mol. The Morgan fingerprint density at radius 2 is 1.84 bits per heavy atom. The van der Waals surface area contributed by atoms with E-state index in [1.807, 2.05) is 51.1 Å². The normalized spacial score (nSPS) is 17.8. The monoisotopic (exact) mass is 455 g/mol. The molecule has 1 aromatic carbocycles. The molecule has 2 aliphatic rings. The first-order chi connectivity index (χ1) is 14.6. The topological polar surface area (TPSA) is 108 Å². The molecule has 0 saturated heterocycles. The second-order valence-electron chi connectivity index (χ2n) is 7.29. The summed E-state index contributed by atoms with van der Waals surface area (Å²) in [5, 5.41) is 13.7. The minimum Gasteiger partial charge on any atom is -0.318 e. The zero-order chi connectivity index (χ0) is 22.5. The third-order valence-corrected chi connectivity index (χ3v) is 8.23. The first kappa shape index (κ1) is 21.3. The van der Waals surface area contributed by atoms with Crippen LogP contribution in [0.25, 0.3) is 11.8 Å². The molecule has 2 aliphatic heterocycles. The zero-order valence-electron chi connectivity index (χ0n) is 17.5. The molecule has 0 atom stereocenters. The molecular formula is C21H21N5O3S2. The quantitative estimate of drug-likeness (QED) is 0.714.